The molecule has 4 aliphatic carbocycles. The fraction of sp³-hybridized carbons (Fsp3) is 0.742. The predicted molar refractivity (Wildman–Crippen MR) is 144 cm³/mol. The topological polar surface area (TPSA) is 63.6 Å². The van der Waals surface area contributed by atoms with Crippen LogP contribution in [0.4, 0.5) is 0 Å². The van der Waals surface area contributed by atoms with E-state index in [1.807, 2.05) is 19.1 Å². The molecule has 1 aromatic rings. The molecular weight excluding hydrogens is 468 g/mol. The summed E-state index contributed by atoms with van der Waals surface area (Å²) < 4.78 is 31.2. The monoisotopic (exact) mass is 514 g/mol. The van der Waals surface area contributed by atoms with E-state index in [1.165, 1.54) is 31.3 Å². The molecule has 0 saturated heterocycles. The van der Waals surface area contributed by atoms with Crippen molar-refractivity contribution in [2.45, 2.75) is 103 Å². The Morgan fingerprint density at radius 3 is 2.47 bits per heavy atom. The zero-order valence-electron chi connectivity index (χ0n) is 22.9. The summed E-state index contributed by atoms with van der Waals surface area (Å²) in [6, 6.07) is 6.92. The molecule has 5 heteroatoms. The van der Waals surface area contributed by atoms with Gasteiger partial charge in [-0.15, -0.1) is 0 Å². The summed E-state index contributed by atoms with van der Waals surface area (Å²) in [7, 11) is -3.73. The van der Waals surface area contributed by atoms with Gasteiger partial charge in [0.1, 0.15) is 0 Å². The molecule has 0 aromatic heterocycles. The van der Waals surface area contributed by atoms with Crippen molar-refractivity contribution < 1.29 is 17.7 Å². The second-order valence-corrected chi connectivity index (χ2v) is 14.9. The highest BCUT2D eigenvalue weighted by Gasteiger charge is 2.59. The minimum atomic E-state index is -3.73. The number of rotatable bonds is 6. The molecule has 200 valence electrons. The Kier molecular flexibility index (Phi) is 6.78. The Morgan fingerprint density at radius 2 is 1.78 bits per heavy atom. The summed E-state index contributed by atoms with van der Waals surface area (Å²) in [6.07, 6.45) is 12.3. The number of aliphatic hydroxyl groups is 1. The number of allylic oxidation sites excluding steroid dienone is 1. The first-order valence-electron chi connectivity index (χ1n) is 14.3. The molecule has 0 aliphatic heterocycles. The van der Waals surface area contributed by atoms with Crippen molar-refractivity contribution in [1.29, 1.82) is 0 Å². The Morgan fingerprint density at radius 1 is 1.06 bits per heavy atom. The Labute approximate surface area is 219 Å². The first-order valence-corrected chi connectivity index (χ1v) is 15.7. The molecule has 0 heterocycles. The molecule has 0 bridgehead atoms. The van der Waals surface area contributed by atoms with Crippen molar-refractivity contribution in [3.63, 3.8) is 0 Å². The fourth-order valence-electron chi connectivity index (χ4n) is 9.08. The van der Waals surface area contributed by atoms with Crippen LogP contribution < -0.4 is 0 Å². The van der Waals surface area contributed by atoms with E-state index >= 15 is 0 Å². The summed E-state index contributed by atoms with van der Waals surface area (Å²) in [5.74, 6) is 2.81. The summed E-state index contributed by atoms with van der Waals surface area (Å²) in [5.41, 5.74) is 2.54. The lowest BCUT2D eigenvalue weighted by molar-refractivity contribution is -0.0764. The normalized spacial score (nSPS) is 41.1. The summed E-state index contributed by atoms with van der Waals surface area (Å²) >= 11 is 0. The van der Waals surface area contributed by atoms with E-state index in [9.17, 15) is 13.5 Å². The number of fused-ring (bicyclic) bond motifs is 5. The van der Waals surface area contributed by atoms with Crippen molar-refractivity contribution in [2.75, 3.05) is 6.61 Å². The molecule has 4 nitrogen and oxygen atoms in total. The molecule has 3 fully saturated rings. The van der Waals surface area contributed by atoms with Gasteiger partial charge >= 0.3 is 0 Å². The third-order valence-electron chi connectivity index (χ3n) is 11.5. The molecule has 1 N–H and O–H groups in total. The highest BCUT2D eigenvalue weighted by molar-refractivity contribution is 7.86. The zero-order valence-corrected chi connectivity index (χ0v) is 23.7. The van der Waals surface area contributed by atoms with E-state index in [4.69, 9.17) is 4.18 Å². The quantitative estimate of drug-likeness (QED) is 0.326. The van der Waals surface area contributed by atoms with Crippen LogP contribution in [0, 0.1) is 47.3 Å². The second kappa shape index (κ2) is 9.24. The number of aryl methyl sites for hydroxylation is 1. The van der Waals surface area contributed by atoms with Gasteiger partial charge in [0, 0.05) is 0 Å². The van der Waals surface area contributed by atoms with Crippen LogP contribution in [0.3, 0.4) is 0 Å². The van der Waals surface area contributed by atoms with E-state index in [0.717, 1.165) is 37.7 Å². The van der Waals surface area contributed by atoms with Crippen molar-refractivity contribution >= 4 is 10.1 Å². The third-order valence-corrected chi connectivity index (χ3v) is 12.8. The Bertz CT molecular complexity index is 1110. The van der Waals surface area contributed by atoms with Gasteiger partial charge in [0.05, 0.1) is 17.1 Å². The van der Waals surface area contributed by atoms with Crippen LogP contribution >= 0.6 is 0 Å². The lowest BCUT2D eigenvalue weighted by atomic mass is 9.46. The molecular formula is C31H46O4S. The SMILES string of the molecule is CC[C@]1(O)CC[C@@]2(C)C(=CC[C@H]3[C@@H]4CC[C@H]([C@H](C)COS(=O)(=O)c5ccc(C)cc5)[C@@]4(C)CC[C@@H]32)C1. The number of hydrogen-bond acceptors (Lipinski definition) is 4. The highest BCUT2D eigenvalue weighted by atomic mass is 32.2. The van der Waals surface area contributed by atoms with Crippen molar-refractivity contribution in [2.24, 2.45) is 40.4 Å². The van der Waals surface area contributed by atoms with Gasteiger partial charge in [-0.1, -0.05) is 57.0 Å². The molecule has 0 amide bonds. The first kappa shape index (κ1) is 26.4. The molecule has 0 unspecified atom stereocenters. The smallest absolute Gasteiger partial charge is 0.296 e. The second-order valence-electron chi connectivity index (χ2n) is 13.3. The average Bonchev–Trinajstić information content (AvgIpc) is 3.21. The van der Waals surface area contributed by atoms with Crippen LogP contribution in [0.1, 0.15) is 91.0 Å². The Hall–Kier alpha value is -1.17. The minimum Gasteiger partial charge on any atom is -0.390 e. The van der Waals surface area contributed by atoms with Crippen LogP contribution in [0.5, 0.6) is 0 Å². The summed E-state index contributed by atoms with van der Waals surface area (Å²) in [6.45, 7) is 11.5. The summed E-state index contributed by atoms with van der Waals surface area (Å²) in [4.78, 5) is 0.247. The molecule has 4 aliphatic rings. The molecule has 0 radical (unpaired) electrons. The van der Waals surface area contributed by atoms with Gasteiger partial charge in [-0.3, -0.25) is 4.18 Å². The van der Waals surface area contributed by atoms with Crippen molar-refractivity contribution in [3.05, 3.63) is 41.5 Å². The van der Waals surface area contributed by atoms with Crippen LogP contribution in [0.2, 0.25) is 0 Å². The maximum Gasteiger partial charge on any atom is 0.296 e. The van der Waals surface area contributed by atoms with Gasteiger partial charge in [0.2, 0.25) is 0 Å². The van der Waals surface area contributed by atoms with Crippen LogP contribution in [-0.2, 0) is 14.3 Å². The largest absolute Gasteiger partial charge is 0.390 e. The maximum atomic E-state index is 12.8. The lowest BCUT2D eigenvalue weighted by Crippen LogP contribution is -2.52. The molecule has 3 saturated carbocycles. The van der Waals surface area contributed by atoms with Gasteiger partial charge in [-0.25, -0.2) is 0 Å². The standard InChI is InChI=1S/C31H46O4S/c1-6-31(32)18-17-29(4)23(19-31)9-12-25-27-14-13-26(30(27,5)16-15-28(25)29)22(3)20-35-36(33,34)24-10-7-21(2)8-11-24/h7-11,22,25-28,32H,6,12-20H2,1-5H3/t22-,25+,26-,27+,28+,29+,30-,31+/m1/s1. The van der Waals surface area contributed by atoms with E-state index < -0.39 is 15.7 Å². The predicted octanol–water partition coefficient (Wildman–Crippen LogP) is 7.06. The van der Waals surface area contributed by atoms with Crippen molar-refractivity contribution in [1.82, 2.24) is 0 Å². The molecule has 0 spiro atoms. The molecule has 8 atom stereocenters. The first-order chi connectivity index (χ1) is 16.9. The molecule has 1 aromatic carbocycles. The number of hydrogen-bond donors (Lipinski definition) is 1. The maximum absolute atomic E-state index is 12.8. The summed E-state index contributed by atoms with van der Waals surface area (Å²) in [5, 5.41) is 11.0. The van der Waals surface area contributed by atoms with Gasteiger partial charge in [0.15, 0.2) is 0 Å². The number of benzene rings is 1. The fourth-order valence-corrected chi connectivity index (χ4v) is 10.1. The Balaban J connectivity index is 1.29. The van der Waals surface area contributed by atoms with E-state index in [1.54, 1.807) is 12.1 Å². The van der Waals surface area contributed by atoms with E-state index in [0.29, 0.717) is 23.7 Å². The third kappa shape index (κ3) is 4.31. The van der Waals surface area contributed by atoms with Crippen molar-refractivity contribution in [3.8, 4) is 0 Å². The minimum absolute atomic E-state index is 0.205. The van der Waals surface area contributed by atoms with Gasteiger partial charge in [0.25, 0.3) is 10.1 Å². The van der Waals surface area contributed by atoms with Gasteiger partial charge < -0.3 is 5.11 Å². The van der Waals surface area contributed by atoms with Gasteiger partial charge in [-0.05, 0) is 117 Å². The average molecular weight is 515 g/mol. The van der Waals surface area contributed by atoms with E-state index in [2.05, 4.69) is 33.8 Å². The van der Waals surface area contributed by atoms with Crippen LogP contribution in [0.25, 0.3) is 0 Å². The lowest BCUT2D eigenvalue weighted by Gasteiger charge is -2.59. The molecule has 5 rings (SSSR count). The van der Waals surface area contributed by atoms with Gasteiger partial charge in [-0.2, -0.15) is 8.42 Å². The molecule has 36 heavy (non-hydrogen) atoms. The zero-order chi connectivity index (χ0) is 25.9. The van der Waals surface area contributed by atoms with E-state index in [-0.39, 0.29) is 28.3 Å². The van der Waals surface area contributed by atoms with Crippen LogP contribution in [0.15, 0.2) is 40.8 Å². The van der Waals surface area contributed by atoms with Crippen LogP contribution in [-0.4, -0.2) is 25.7 Å². The highest BCUT2D eigenvalue weighted by Crippen LogP contribution is 2.67.